The Labute approximate surface area is 88.8 Å². The van der Waals surface area contributed by atoms with Gasteiger partial charge in [0.25, 0.3) is 0 Å². The minimum atomic E-state index is 0.421. The van der Waals surface area contributed by atoms with Gasteiger partial charge in [0.2, 0.25) is 0 Å². The summed E-state index contributed by atoms with van der Waals surface area (Å²) in [7, 11) is 0. The third-order valence-electron chi connectivity index (χ3n) is 2.16. The van der Waals surface area contributed by atoms with E-state index < -0.39 is 0 Å². The normalized spacial score (nSPS) is 20.8. The van der Waals surface area contributed by atoms with Gasteiger partial charge < -0.3 is 0 Å². The van der Waals surface area contributed by atoms with E-state index >= 15 is 0 Å². The third kappa shape index (κ3) is 1.93. The van der Waals surface area contributed by atoms with E-state index in [4.69, 9.17) is 0 Å². The van der Waals surface area contributed by atoms with Crippen molar-refractivity contribution >= 4 is 16.8 Å². The molecule has 0 saturated carbocycles. The zero-order chi connectivity index (χ0) is 9.97. The number of hydrazone groups is 1. The molecule has 1 atom stereocenters. The van der Waals surface area contributed by atoms with Gasteiger partial charge in [-0.15, -0.1) is 0 Å². The molecule has 1 heterocycles. The average Bonchev–Trinajstić information content (AvgIpc) is 2.68. The van der Waals surface area contributed by atoms with Crippen LogP contribution in [-0.4, -0.2) is 10.4 Å². The molecule has 1 aliphatic heterocycles. The second kappa shape index (κ2) is 4.05. The van der Waals surface area contributed by atoms with E-state index in [0.717, 1.165) is 5.04 Å². The second-order valence-electron chi connectivity index (χ2n) is 3.69. The van der Waals surface area contributed by atoms with Crippen LogP contribution in [0.3, 0.4) is 0 Å². The number of thioether (sulfide) groups is 1. The molecule has 74 valence electrons. The highest BCUT2D eigenvalue weighted by molar-refractivity contribution is 8.15. The first-order chi connectivity index (χ1) is 6.77. The molecule has 0 saturated heterocycles. The predicted molar refractivity (Wildman–Crippen MR) is 62.3 cm³/mol. The third-order valence-corrected chi connectivity index (χ3v) is 3.61. The molecular weight excluding hydrogens is 192 g/mol. The first-order valence-electron chi connectivity index (χ1n) is 4.82. The van der Waals surface area contributed by atoms with E-state index in [9.17, 15) is 0 Å². The highest BCUT2D eigenvalue weighted by Gasteiger charge is 2.22. The lowest BCUT2D eigenvalue weighted by Gasteiger charge is -2.12. The van der Waals surface area contributed by atoms with Crippen LogP contribution >= 0.6 is 11.8 Å². The SMILES string of the molecule is CC(C)[C@H]1NN=C(c2ccccc2)S1. The maximum Gasteiger partial charge on any atom is 0.125 e. The van der Waals surface area contributed by atoms with Gasteiger partial charge in [-0.1, -0.05) is 55.9 Å². The Morgan fingerprint density at radius 1 is 1.29 bits per heavy atom. The van der Waals surface area contributed by atoms with Crippen molar-refractivity contribution in [2.75, 3.05) is 0 Å². The quantitative estimate of drug-likeness (QED) is 0.804. The Hall–Kier alpha value is -0.960. The fourth-order valence-electron chi connectivity index (χ4n) is 1.29. The molecule has 0 aliphatic carbocycles. The van der Waals surface area contributed by atoms with Gasteiger partial charge in [0.15, 0.2) is 0 Å². The molecule has 0 spiro atoms. The van der Waals surface area contributed by atoms with Crippen molar-refractivity contribution in [3.63, 3.8) is 0 Å². The molecule has 0 fully saturated rings. The summed E-state index contributed by atoms with van der Waals surface area (Å²) >= 11 is 1.81. The van der Waals surface area contributed by atoms with E-state index in [2.05, 4.69) is 36.5 Å². The van der Waals surface area contributed by atoms with Crippen molar-refractivity contribution < 1.29 is 0 Å². The van der Waals surface area contributed by atoms with Crippen molar-refractivity contribution in [1.82, 2.24) is 5.43 Å². The summed E-state index contributed by atoms with van der Waals surface area (Å²) < 4.78 is 0. The second-order valence-corrected chi connectivity index (χ2v) is 4.82. The number of nitrogens with zero attached hydrogens (tertiary/aromatic N) is 1. The summed E-state index contributed by atoms with van der Waals surface area (Å²) in [6.07, 6.45) is 0. The van der Waals surface area contributed by atoms with Crippen LogP contribution in [0.2, 0.25) is 0 Å². The number of nitrogens with one attached hydrogen (secondary N) is 1. The topological polar surface area (TPSA) is 24.4 Å². The molecule has 0 bridgehead atoms. The molecule has 1 aliphatic rings. The van der Waals surface area contributed by atoms with Gasteiger partial charge >= 0.3 is 0 Å². The Kier molecular flexibility index (Phi) is 2.77. The standard InChI is InChI=1S/C11H14N2S/c1-8(2)10-12-13-11(14-10)9-6-4-3-5-7-9/h3-8,10,12H,1-2H3/t10-/m0/s1. The molecule has 3 heteroatoms. The van der Waals surface area contributed by atoms with E-state index in [0.29, 0.717) is 11.3 Å². The lowest BCUT2D eigenvalue weighted by molar-refractivity contribution is 0.538. The van der Waals surface area contributed by atoms with Crippen molar-refractivity contribution in [1.29, 1.82) is 0 Å². The maximum absolute atomic E-state index is 4.34. The van der Waals surface area contributed by atoms with Crippen LogP contribution in [0.4, 0.5) is 0 Å². The van der Waals surface area contributed by atoms with Crippen LogP contribution < -0.4 is 5.43 Å². The Balaban J connectivity index is 2.09. The summed E-state index contributed by atoms with van der Waals surface area (Å²) in [5, 5.41) is 5.86. The summed E-state index contributed by atoms with van der Waals surface area (Å²) in [6.45, 7) is 4.40. The zero-order valence-corrected chi connectivity index (χ0v) is 9.21. The van der Waals surface area contributed by atoms with Crippen LogP contribution in [0.25, 0.3) is 0 Å². The highest BCUT2D eigenvalue weighted by Crippen LogP contribution is 2.26. The Bertz CT molecular complexity index is 332. The molecule has 1 N–H and O–H groups in total. The predicted octanol–water partition coefficient (Wildman–Crippen LogP) is 2.67. The lowest BCUT2D eigenvalue weighted by atomic mass is 10.2. The van der Waals surface area contributed by atoms with Gasteiger partial charge in [-0.3, -0.25) is 5.43 Å². The van der Waals surface area contributed by atoms with E-state index in [1.807, 2.05) is 30.0 Å². The van der Waals surface area contributed by atoms with Crippen molar-refractivity contribution in [3.8, 4) is 0 Å². The molecule has 0 aromatic heterocycles. The molecule has 14 heavy (non-hydrogen) atoms. The van der Waals surface area contributed by atoms with E-state index in [-0.39, 0.29) is 0 Å². The van der Waals surface area contributed by atoms with E-state index in [1.54, 1.807) is 0 Å². The Morgan fingerprint density at radius 2 is 2.00 bits per heavy atom. The van der Waals surface area contributed by atoms with Gasteiger partial charge in [-0.2, -0.15) is 5.10 Å². The summed E-state index contributed by atoms with van der Waals surface area (Å²) in [6, 6.07) is 10.3. The first kappa shape index (κ1) is 9.59. The van der Waals surface area contributed by atoms with Crippen molar-refractivity contribution in [2.45, 2.75) is 19.2 Å². The molecule has 0 radical (unpaired) electrons. The minimum Gasteiger partial charge on any atom is -0.295 e. The summed E-state index contributed by atoms with van der Waals surface area (Å²) in [5.41, 5.74) is 4.36. The monoisotopic (exact) mass is 206 g/mol. The molecule has 0 unspecified atom stereocenters. The van der Waals surface area contributed by atoms with Crippen LogP contribution in [0.1, 0.15) is 19.4 Å². The van der Waals surface area contributed by atoms with Crippen LogP contribution in [0, 0.1) is 5.92 Å². The fourth-order valence-corrected chi connectivity index (χ4v) is 2.29. The molecule has 1 aromatic rings. The van der Waals surface area contributed by atoms with Gasteiger partial charge in [0.1, 0.15) is 5.04 Å². The van der Waals surface area contributed by atoms with E-state index in [1.165, 1.54) is 5.56 Å². The van der Waals surface area contributed by atoms with Gasteiger partial charge in [0.05, 0.1) is 5.37 Å². The zero-order valence-electron chi connectivity index (χ0n) is 8.40. The van der Waals surface area contributed by atoms with Crippen molar-refractivity contribution in [2.24, 2.45) is 11.0 Å². The molecule has 0 amide bonds. The van der Waals surface area contributed by atoms with Crippen LogP contribution in [-0.2, 0) is 0 Å². The molecular formula is C11H14N2S. The smallest absolute Gasteiger partial charge is 0.125 e. The maximum atomic E-state index is 4.34. The lowest BCUT2D eigenvalue weighted by Crippen LogP contribution is -2.21. The fraction of sp³-hybridized carbons (Fsp3) is 0.364. The first-order valence-corrected chi connectivity index (χ1v) is 5.70. The Morgan fingerprint density at radius 3 is 2.57 bits per heavy atom. The number of hydrogen-bond donors (Lipinski definition) is 1. The summed E-state index contributed by atoms with van der Waals surface area (Å²) in [4.78, 5) is 0. The van der Waals surface area contributed by atoms with Gasteiger partial charge in [-0.05, 0) is 5.92 Å². The van der Waals surface area contributed by atoms with Crippen molar-refractivity contribution in [3.05, 3.63) is 35.9 Å². The van der Waals surface area contributed by atoms with Gasteiger partial charge in [0, 0.05) is 5.56 Å². The molecule has 2 nitrogen and oxygen atoms in total. The molecule has 1 aromatic carbocycles. The molecule has 2 rings (SSSR count). The van der Waals surface area contributed by atoms with Crippen LogP contribution in [0.5, 0.6) is 0 Å². The largest absolute Gasteiger partial charge is 0.295 e. The number of hydrogen-bond acceptors (Lipinski definition) is 3. The highest BCUT2D eigenvalue weighted by atomic mass is 32.2. The summed E-state index contributed by atoms with van der Waals surface area (Å²) in [5.74, 6) is 0.602. The number of rotatable bonds is 2. The minimum absolute atomic E-state index is 0.421. The average molecular weight is 206 g/mol. The number of benzene rings is 1. The van der Waals surface area contributed by atoms with Crippen LogP contribution in [0.15, 0.2) is 35.4 Å². The van der Waals surface area contributed by atoms with Gasteiger partial charge in [-0.25, -0.2) is 0 Å².